The number of anilines is 1. The average molecular weight is 373 g/mol. The van der Waals surface area contributed by atoms with Crippen molar-refractivity contribution in [2.24, 2.45) is 11.3 Å². The monoisotopic (exact) mass is 372 g/mol. The lowest BCUT2D eigenvalue weighted by molar-refractivity contribution is -0.127. The Bertz CT molecular complexity index is 679. The average Bonchev–Trinajstić information content (AvgIpc) is 2.68. The molecule has 2 aliphatic carbocycles. The number of nitrogens with zero attached hydrogens (tertiary/aromatic N) is 3. The largest absolute Gasteiger partial charge is 0.378 e. The van der Waals surface area contributed by atoms with E-state index in [1.165, 1.54) is 19.3 Å². The second kappa shape index (κ2) is 7.74. The predicted molar refractivity (Wildman–Crippen MR) is 105 cm³/mol. The number of aromatic nitrogens is 2. The molecule has 4 rings (SSSR count). The van der Waals surface area contributed by atoms with E-state index >= 15 is 0 Å². The van der Waals surface area contributed by atoms with Gasteiger partial charge >= 0.3 is 0 Å². The number of carbonyl (C=O) groups excluding carboxylic acids is 1. The van der Waals surface area contributed by atoms with Crippen LogP contribution >= 0.6 is 0 Å². The fourth-order valence-electron chi connectivity index (χ4n) is 4.74. The van der Waals surface area contributed by atoms with Crippen molar-refractivity contribution in [2.45, 2.75) is 64.8 Å². The van der Waals surface area contributed by atoms with Crippen LogP contribution in [0.2, 0.25) is 0 Å². The third kappa shape index (κ3) is 4.26. The molecule has 148 valence electrons. The minimum atomic E-state index is 0.0249. The van der Waals surface area contributed by atoms with Gasteiger partial charge < -0.3 is 15.0 Å². The first-order valence-corrected chi connectivity index (χ1v) is 10.5. The Morgan fingerprint density at radius 1 is 1.22 bits per heavy atom. The van der Waals surface area contributed by atoms with Crippen LogP contribution in [0.5, 0.6) is 0 Å². The Morgan fingerprint density at radius 3 is 2.70 bits per heavy atom. The Hall–Kier alpha value is -1.69. The smallest absolute Gasteiger partial charge is 0.225 e. The third-order valence-corrected chi connectivity index (χ3v) is 6.25. The summed E-state index contributed by atoms with van der Waals surface area (Å²) in [5.41, 5.74) is 2.32. The summed E-state index contributed by atoms with van der Waals surface area (Å²) in [5, 5.41) is 3.35. The van der Waals surface area contributed by atoms with E-state index in [4.69, 9.17) is 9.72 Å². The van der Waals surface area contributed by atoms with Gasteiger partial charge in [-0.3, -0.25) is 4.79 Å². The number of hydrogen-bond donors (Lipinski definition) is 1. The van der Waals surface area contributed by atoms with Gasteiger partial charge in [0.15, 0.2) is 0 Å². The van der Waals surface area contributed by atoms with Crippen molar-refractivity contribution in [2.75, 3.05) is 31.2 Å². The Balaban J connectivity index is 1.54. The second-order valence-corrected chi connectivity index (χ2v) is 9.11. The molecule has 1 aromatic heterocycles. The summed E-state index contributed by atoms with van der Waals surface area (Å²) < 4.78 is 5.44. The van der Waals surface area contributed by atoms with Gasteiger partial charge in [0.2, 0.25) is 11.9 Å². The van der Waals surface area contributed by atoms with Crippen LogP contribution in [-0.2, 0) is 16.0 Å². The molecule has 27 heavy (non-hydrogen) atoms. The molecule has 0 radical (unpaired) electrons. The van der Waals surface area contributed by atoms with E-state index in [1.807, 2.05) is 6.20 Å². The van der Waals surface area contributed by atoms with Gasteiger partial charge in [-0.2, -0.15) is 0 Å². The maximum Gasteiger partial charge on any atom is 0.225 e. The van der Waals surface area contributed by atoms with Gasteiger partial charge in [0.25, 0.3) is 0 Å². The minimum absolute atomic E-state index is 0.0249. The van der Waals surface area contributed by atoms with Gasteiger partial charge in [-0.15, -0.1) is 0 Å². The molecule has 1 unspecified atom stereocenters. The second-order valence-electron chi connectivity index (χ2n) is 9.11. The molecule has 1 atom stereocenters. The van der Waals surface area contributed by atoms with Crippen molar-refractivity contribution in [3.63, 3.8) is 0 Å². The molecular formula is C21H32N4O2. The quantitative estimate of drug-likeness (QED) is 0.883. The number of hydrogen-bond acceptors (Lipinski definition) is 5. The molecule has 1 aliphatic heterocycles. The van der Waals surface area contributed by atoms with Crippen LogP contribution in [0.25, 0.3) is 0 Å². The van der Waals surface area contributed by atoms with Crippen molar-refractivity contribution >= 4 is 11.9 Å². The molecule has 2 heterocycles. The summed E-state index contributed by atoms with van der Waals surface area (Å²) >= 11 is 0. The molecule has 1 aromatic rings. The summed E-state index contributed by atoms with van der Waals surface area (Å²) in [6.07, 6.45) is 9.50. The Morgan fingerprint density at radius 2 is 1.96 bits per heavy atom. The zero-order valence-electron chi connectivity index (χ0n) is 16.7. The van der Waals surface area contributed by atoms with Crippen LogP contribution in [0.15, 0.2) is 6.20 Å². The van der Waals surface area contributed by atoms with Gasteiger partial charge in [-0.05, 0) is 31.1 Å². The zero-order valence-corrected chi connectivity index (χ0v) is 16.7. The molecule has 1 N–H and O–H groups in total. The van der Waals surface area contributed by atoms with E-state index in [-0.39, 0.29) is 23.3 Å². The molecule has 3 aliphatic rings. The normalized spacial score (nSPS) is 25.7. The molecule has 1 saturated carbocycles. The van der Waals surface area contributed by atoms with Crippen LogP contribution in [0.1, 0.15) is 69.7 Å². The van der Waals surface area contributed by atoms with E-state index in [0.29, 0.717) is 0 Å². The first kappa shape index (κ1) is 18.7. The van der Waals surface area contributed by atoms with Crippen LogP contribution in [0.4, 0.5) is 5.95 Å². The highest BCUT2D eigenvalue weighted by Crippen LogP contribution is 2.40. The van der Waals surface area contributed by atoms with Crippen LogP contribution in [0, 0.1) is 11.3 Å². The number of fused-ring (bicyclic) bond motifs is 1. The standard InChI is InChI=1S/C21H32N4O2/c1-21(2)12-17(23-19(26)15-6-4-3-5-7-15)16-14-22-20(24-18(16)13-21)25-8-10-27-11-9-25/h14-15,17H,3-13H2,1-2H3,(H,23,26). The van der Waals surface area contributed by atoms with Crippen LogP contribution < -0.4 is 10.2 Å². The molecule has 6 heteroatoms. The number of morpholine rings is 1. The lowest BCUT2D eigenvalue weighted by atomic mass is 9.74. The highest BCUT2D eigenvalue weighted by molar-refractivity contribution is 5.79. The maximum absolute atomic E-state index is 12.8. The Labute approximate surface area is 162 Å². The predicted octanol–water partition coefficient (Wildman–Crippen LogP) is 3.02. The van der Waals surface area contributed by atoms with Gasteiger partial charge in [0, 0.05) is 30.8 Å². The minimum Gasteiger partial charge on any atom is -0.378 e. The highest BCUT2D eigenvalue weighted by atomic mass is 16.5. The van der Waals surface area contributed by atoms with Crippen molar-refractivity contribution < 1.29 is 9.53 Å². The highest BCUT2D eigenvalue weighted by Gasteiger charge is 2.36. The van der Waals surface area contributed by atoms with E-state index in [1.54, 1.807) is 0 Å². The molecule has 2 fully saturated rings. The van der Waals surface area contributed by atoms with E-state index in [9.17, 15) is 4.79 Å². The summed E-state index contributed by atoms with van der Waals surface area (Å²) in [7, 11) is 0. The lowest BCUT2D eigenvalue weighted by Gasteiger charge is -2.38. The number of ether oxygens (including phenoxy) is 1. The summed E-state index contributed by atoms with van der Waals surface area (Å²) in [4.78, 5) is 24.6. The zero-order chi connectivity index (χ0) is 18.9. The molecule has 0 spiro atoms. The van der Waals surface area contributed by atoms with Crippen LogP contribution in [-0.4, -0.2) is 42.2 Å². The van der Waals surface area contributed by atoms with E-state index in [2.05, 4.69) is 29.0 Å². The Kier molecular flexibility index (Phi) is 5.35. The molecule has 0 aromatic carbocycles. The first-order chi connectivity index (χ1) is 13.0. The molecule has 0 bridgehead atoms. The van der Waals surface area contributed by atoms with Crippen molar-refractivity contribution in [1.29, 1.82) is 0 Å². The van der Waals surface area contributed by atoms with E-state index in [0.717, 1.165) is 69.2 Å². The molecule has 1 amide bonds. The third-order valence-electron chi connectivity index (χ3n) is 6.25. The topological polar surface area (TPSA) is 67.3 Å². The lowest BCUT2D eigenvalue weighted by Crippen LogP contribution is -2.41. The molecule has 1 saturated heterocycles. The summed E-state index contributed by atoms with van der Waals surface area (Å²) in [5.74, 6) is 1.20. The number of rotatable bonds is 3. The number of nitrogens with one attached hydrogen (secondary N) is 1. The SMILES string of the molecule is CC1(C)Cc2nc(N3CCOCC3)ncc2C(NC(=O)C2CCCCC2)C1. The number of amides is 1. The fourth-order valence-corrected chi connectivity index (χ4v) is 4.74. The van der Waals surface area contributed by atoms with Gasteiger partial charge in [0.05, 0.1) is 24.9 Å². The van der Waals surface area contributed by atoms with Gasteiger partial charge in [-0.1, -0.05) is 33.1 Å². The summed E-state index contributed by atoms with van der Waals surface area (Å²) in [6.45, 7) is 7.67. The number of carbonyl (C=O) groups is 1. The molecule has 6 nitrogen and oxygen atoms in total. The maximum atomic E-state index is 12.8. The van der Waals surface area contributed by atoms with Gasteiger partial charge in [0.1, 0.15) is 0 Å². The van der Waals surface area contributed by atoms with E-state index < -0.39 is 0 Å². The van der Waals surface area contributed by atoms with Crippen molar-refractivity contribution in [3.05, 3.63) is 17.5 Å². The fraction of sp³-hybridized carbons (Fsp3) is 0.762. The van der Waals surface area contributed by atoms with Crippen LogP contribution in [0.3, 0.4) is 0 Å². The van der Waals surface area contributed by atoms with Crippen molar-refractivity contribution in [3.8, 4) is 0 Å². The molecular weight excluding hydrogens is 340 g/mol. The summed E-state index contributed by atoms with van der Waals surface area (Å²) in [6, 6.07) is 0.0249. The van der Waals surface area contributed by atoms with Crippen molar-refractivity contribution in [1.82, 2.24) is 15.3 Å². The van der Waals surface area contributed by atoms with Gasteiger partial charge in [-0.25, -0.2) is 9.97 Å². The first-order valence-electron chi connectivity index (χ1n) is 10.5.